The number of benzene rings is 1. The SMILES string of the molecule is C1=CC[C@@H](CNCc2cccc(-c3ncn[nH]3)c2)CC1. The lowest BCUT2D eigenvalue weighted by Crippen LogP contribution is -2.23. The maximum Gasteiger partial charge on any atom is 0.155 e. The summed E-state index contributed by atoms with van der Waals surface area (Å²) in [4.78, 5) is 4.19. The zero-order valence-corrected chi connectivity index (χ0v) is 11.5. The van der Waals surface area contributed by atoms with Gasteiger partial charge < -0.3 is 5.32 Å². The highest BCUT2D eigenvalue weighted by Crippen LogP contribution is 2.18. The largest absolute Gasteiger partial charge is 0.312 e. The first-order valence-electron chi connectivity index (χ1n) is 7.22. The Balaban J connectivity index is 1.55. The van der Waals surface area contributed by atoms with E-state index in [9.17, 15) is 0 Å². The predicted octanol–water partition coefficient (Wildman–Crippen LogP) is 2.92. The van der Waals surface area contributed by atoms with Crippen LogP contribution >= 0.6 is 0 Å². The molecule has 104 valence electrons. The molecule has 0 radical (unpaired) electrons. The maximum absolute atomic E-state index is 4.19. The molecule has 1 aliphatic rings. The van der Waals surface area contributed by atoms with Crippen LogP contribution in [0, 0.1) is 5.92 Å². The van der Waals surface area contributed by atoms with Gasteiger partial charge in [0.05, 0.1) is 0 Å². The minimum atomic E-state index is 0.789. The average molecular weight is 268 g/mol. The van der Waals surface area contributed by atoms with Crippen LogP contribution in [0.4, 0.5) is 0 Å². The van der Waals surface area contributed by atoms with Gasteiger partial charge >= 0.3 is 0 Å². The average Bonchev–Trinajstić information content (AvgIpc) is 3.03. The number of hydrogen-bond donors (Lipinski definition) is 2. The highest BCUT2D eigenvalue weighted by atomic mass is 15.2. The minimum absolute atomic E-state index is 0.789. The zero-order chi connectivity index (χ0) is 13.6. The van der Waals surface area contributed by atoms with Gasteiger partial charge in [-0.1, -0.05) is 30.4 Å². The molecule has 2 N–H and O–H groups in total. The van der Waals surface area contributed by atoms with Gasteiger partial charge in [-0.25, -0.2) is 4.98 Å². The summed E-state index contributed by atoms with van der Waals surface area (Å²) in [5.74, 6) is 1.61. The molecule has 3 rings (SSSR count). The van der Waals surface area contributed by atoms with E-state index in [-0.39, 0.29) is 0 Å². The van der Waals surface area contributed by atoms with Crippen molar-refractivity contribution in [1.29, 1.82) is 0 Å². The van der Waals surface area contributed by atoms with E-state index in [4.69, 9.17) is 0 Å². The van der Waals surface area contributed by atoms with Gasteiger partial charge in [-0.2, -0.15) is 5.10 Å². The molecular weight excluding hydrogens is 248 g/mol. The number of allylic oxidation sites excluding steroid dienone is 2. The van der Waals surface area contributed by atoms with E-state index in [0.717, 1.165) is 30.4 Å². The lowest BCUT2D eigenvalue weighted by atomic mass is 9.94. The Hall–Kier alpha value is -1.94. The van der Waals surface area contributed by atoms with Crippen LogP contribution in [0.2, 0.25) is 0 Å². The summed E-state index contributed by atoms with van der Waals surface area (Å²) in [6.07, 6.45) is 9.88. The Kier molecular flexibility index (Phi) is 4.23. The third-order valence-electron chi connectivity index (χ3n) is 3.76. The minimum Gasteiger partial charge on any atom is -0.312 e. The number of nitrogens with one attached hydrogen (secondary N) is 2. The molecule has 0 saturated carbocycles. The summed E-state index contributed by atoms with van der Waals surface area (Å²) in [5.41, 5.74) is 2.37. The van der Waals surface area contributed by atoms with E-state index in [1.54, 1.807) is 0 Å². The third kappa shape index (κ3) is 3.33. The zero-order valence-electron chi connectivity index (χ0n) is 11.5. The van der Waals surface area contributed by atoms with Crippen LogP contribution < -0.4 is 5.32 Å². The van der Waals surface area contributed by atoms with Crippen LogP contribution in [0.1, 0.15) is 24.8 Å². The smallest absolute Gasteiger partial charge is 0.155 e. The van der Waals surface area contributed by atoms with Crippen LogP contribution in [0.5, 0.6) is 0 Å². The number of hydrogen-bond acceptors (Lipinski definition) is 3. The van der Waals surface area contributed by atoms with Gasteiger partial charge in [0.15, 0.2) is 5.82 Å². The van der Waals surface area contributed by atoms with E-state index in [1.165, 1.54) is 31.2 Å². The number of rotatable bonds is 5. The Morgan fingerprint density at radius 3 is 3.10 bits per heavy atom. The van der Waals surface area contributed by atoms with Crippen LogP contribution in [0.15, 0.2) is 42.7 Å². The van der Waals surface area contributed by atoms with Crippen molar-refractivity contribution < 1.29 is 0 Å². The molecule has 1 heterocycles. The fraction of sp³-hybridized carbons (Fsp3) is 0.375. The monoisotopic (exact) mass is 268 g/mol. The van der Waals surface area contributed by atoms with E-state index in [0.29, 0.717) is 0 Å². The molecule has 20 heavy (non-hydrogen) atoms. The summed E-state index contributed by atoms with van der Waals surface area (Å²) in [7, 11) is 0. The molecule has 0 amide bonds. The Morgan fingerprint density at radius 1 is 1.30 bits per heavy atom. The Bertz CT molecular complexity index is 560. The first-order valence-corrected chi connectivity index (χ1v) is 7.22. The molecular formula is C16H20N4. The number of H-pyrrole nitrogens is 1. The molecule has 0 fully saturated rings. The van der Waals surface area contributed by atoms with Gasteiger partial charge in [-0.15, -0.1) is 0 Å². The molecule has 4 nitrogen and oxygen atoms in total. The fourth-order valence-corrected chi connectivity index (χ4v) is 2.64. The molecule has 1 aromatic carbocycles. The molecule has 4 heteroatoms. The lowest BCUT2D eigenvalue weighted by molar-refractivity contribution is 0.440. The van der Waals surface area contributed by atoms with Gasteiger partial charge in [0.1, 0.15) is 6.33 Å². The van der Waals surface area contributed by atoms with Crippen molar-refractivity contribution >= 4 is 0 Å². The van der Waals surface area contributed by atoms with Gasteiger partial charge in [-0.3, -0.25) is 5.10 Å². The fourth-order valence-electron chi connectivity index (χ4n) is 2.64. The molecule has 1 atom stereocenters. The van der Waals surface area contributed by atoms with Gasteiger partial charge in [0.25, 0.3) is 0 Å². The van der Waals surface area contributed by atoms with Crippen molar-refractivity contribution in [3.05, 3.63) is 48.3 Å². The van der Waals surface area contributed by atoms with Crippen LogP contribution in [0.3, 0.4) is 0 Å². The standard InChI is InChI=1S/C16H20N4/c1-2-5-13(6-3-1)10-17-11-14-7-4-8-15(9-14)16-18-12-19-20-16/h1-2,4,7-9,12-13,17H,3,5-6,10-11H2,(H,18,19,20)/t13-/m1/s1. The highest BCUT2D eigenvalue weighted by molar-refractivity contribution is 5.55. The van der Waals surface area contributed by atoms with E-state index >= 15 is 0 Å². The molecule has 0 bridgehead atoms. The van der Waals surface area contributed by atoms with Gasteiger partial charge in [-0.05, 0) is 43.4 Å². The van der Waals surface area contributed by atoms with Crippen molar-refractivity contribution in [2.75, 3.05) is 6.54 Å². The van der Waals surface area contributed by atoms with Crippen LogP contribution in [-0.2, 0) is 6.54 Å². The summed E-state index contributed by atoms with van der Waals surface area (Å²) >= 11 is 0. The highest BCUT2D eigenvalue weighted by Gasteiger charge is 2.09. The third-order valence-corrected chi connectivity index (χ3v) is 3.76. The van der Waals surface area contributed by atoms with Gasteiger partial charge in [0, 0.05) is 12.1 Å². The van der Waals surface area contributed by atoms with Crippen LogP contribution in [-0.4, -0.2) is 21.7 Å². The van der Waals surface area contributed by atoms with Crippen LogP contribution in [0.25, 0.3) is 11.4 Å². The normalized spacial score (nSPS) is 18.3. The molecule has 2 aromatic rings. The second-order valence-electron chi connectivity index (χ2n) is 5.32. The summed E-state index contributed by atoms with van der Waals surface area (Å²) in [6.45, 7) is 2.00. The summed E-state index contributed by atoms with van der Waals surface area (Å²) in [6, 6.07) is 8.43. The maximum atomic E-state index is 4.19. The summed E-state index contributed by atoms with van der Waals surface area (Å²) in [5, 5.41) is 10.4. The topological polar surface area (TPSA) is 53.6 Å². The van der Waals surface area contributed by atoms with Crippen molar-refractivity contribution in [2.45, 2.75) is 25.8 Å². The molecule has 0 saturated heterocycles. The second-order valence-corrected chi connectivity index (χ2v) is 5.32. The van der Waals surface area contributed by atoms with E-state index < -0.39 is 0 Å². The van der Waals surface area contributed by atoms with Crippen molar-refractivity contribution in [2.24, 2.45) is 5.92 Å². The molecule has 1 aromatic heterocycles. The van der Waals surface area contributed by atoms with Crippen molar-refractivity contribution in [1.82, 2.24) is 20.5 Å². The summed E-state index contributed by atoms with van der Waals surface area (Å²) < 4.78 is 0. The van der Waals surface area contributed by atoms with Crippen molar-refractivity contribution in [3.63, 3.8) is 0 Å². The van der Waals surface area contributed by atoms with E-state index in [2.05, 4.69) is 56.9 Å². The quantitative estimate of drug-likeness (QED) is 0.820. The Labute approximate surface area is 119 Å². The molecule has 0 aliphatic heterocycles. The number of nitrogens with zero attached hydrogens (tertiary/aromatic N) is 2. The Morgan fingerprint density at radius 2 is 2.30 bits per heavy atom. The predicted molar refractivity (Wildman–Crippen MR) is 80.0 cm³/mol. The molecule has 0 spiro atoms. The van der Waals surface area contributed by atoms with E-state index in [1.807, 2.05) is 0 Å². The lowest BCUT2D eigenvalue weighted by Gasteiger charge is -2.18. The first-order chi connectivity index (χ1) is 9.92. The second kappa shape index (κ2) is 6.48. The number of aromatic amines is 1. The van der Waals surface area contributed by atoms with Crippen molar-refractivity contribution in [3.8, 4) is 11.4 Å². The first kappa shape index (κ1) is 13.1. The van der Waals surface area contributed by atoms with Gasteiger partial charge in [0.2, 0.25) is 0 Å². The molecule has 0 unspecified atom stereocenters. The number of aromatic nitrogens is 3. The molecule has 1 aliphatic carbocycles.